The van der Waals surface area contributed by atoms with Gasteiger partial charge in [-0.25, -0.2) is 0 Å². The zero-order chi connectivity index (χ0) is 19.1. The first-order chi connectivity index (χ1) is 12.4. The molecule has 0 fully saturated rings. The van der Waals surface area contributed by atoms with Crippen LogP contribution in [0.4, 0.5) is 11.4 Å². The van der Waals surface area contributed by atoms with Gasteiger partial charge in [-0.1, -0.05) is 18.2 Å². The first kappa shape index (κ1) is 19.1. The molecule has 2 aromatic rings. The number of thiocarbonyl (C=S) groups is 1. The molecule has 0 aliphatic heterocycles. The first-order valence-corrected chi connectivity index (χ1v) is 7.99. The highest BCUT2D eigenvalue weighted by atomic mass is 32.1. The summed E-state index contributed by atoms with van der Waals surface area (Å²) < 4.78 is 5.07. The number of nitro groups is 1. The third-order valence-electron chi connectivity index (χ3n) is 3.46. The minimum atomic E-state index is -0.496. The van der Waals surface area contributed by atoms with Crippen LogP contribution in [0.25, 0.3) is 6.08 Å². The predicted molar refractivity (Wildman–Crippen MR) is 104 cm³/mol. The number of ether oxygens (including phenoxy) is 1. The van der Waals surface area contributed by atoms with Crippen LogP contribution in [-0.2, 0) is 4.79 Å². The highest BCUT2D eigenvalue weighted by molar-refractivity contribution is 7.80. The van der Waals surface area contributed by atoms with Crippen LogP contribution in [0.5, 0.6) is 5.75 Å². The van der Waals surface area contributed by atoms with Crippen LogP contribution in [-0.4, -0.2) is 23.1 Å². The molecule has 0 saturated carbocycles. The zero-order valence-electron chi connectivity index (χ0n) is 14.2. The summed E-state index contributed by atoms with van der Waals surface area (Å²) in [7, 11) is 1.58. The molecule has 0 heterocycles. The monoisotopic (exact) mass is 371 g/mol. The first-order valence-electron chi connectivity index (χ1n) is 7.58. The summed E-state index contributed by atoms with van der Waals surface area (Å²) in [6, 6.07) is 11.6. The van der Waals surface area contributed by atoms with Gasteiger partial charge in [0.1, 0.15) is 5.75 Å². The maximum Gasteiger partial charge on any atom is 0.271 e. The van der Waals surface area contributed by atoms with Gasteiger partial charge in [0.25, 0.3) is 5.69 Å². The molecule has 0 aliphatic rings. The minimum absolute atomic E-state index is 0.0537. The van der Waals surface area contributed by atoms with E-state index >= 15 is 0 Å². The van der Waals surface area contributed by atoms with E-state index in [0.29, 0.717) is 5.69 Å². The molecular formula is C18H17N3O4S. The molecule has 0 aromatic heterocycles. The Labute approximate surface area is 155 Å². The fourth-order valence-corrected chi connectivity index (χ4v) is 2.26. The maximum atomic E-state index is 11.9. The second kappa shape index (κ2) is 8.72. The Hall–Kier alpha value is -3.26. The molecule has 134 valence electrons. The molecule has 0 atom stereocenters. The van der Waals surface area contributed by atoms with Crippen LogP contribution < -0.4 is 15.4 Å². The fourth-order valence-electron chi connectivity index (χ4n) is 2.05. The number of methoxy groups -OCH3 is 1. The van der Waals surface area contributed by atoms with E-state index in [2.05, 4.69) is 10.6 Å². The second-order valence-corrected chi connectivity index (χ2v) is 5.71. The Morgan fingerprint density at radius 3 is 2.54 bits per heavy atom. The molecule has 0 bridgehead atoms. The standard InChI is InChI=1S/C18H17N3O4S/c1-12-3-7-14(21(23)24)11-16(12)19-18(26)20-17(22)10-6-13-4-8-15(25-2)9-5-13/h3-11H,1-2H3,(H2,19,20,22,26). The van der Waals surface area contributed by atoms with Crippen molar-refractivity contribution in [3.8, 4) is 5.75 Å². The van der Waals surface area contributed by atoms with Crippen molar-refractivity contribution in [2.45, 2.75) is 6.92 Å². The zero-order valence-corrected chi connectivity index (χ0v) is 15.0. The summed E-state index contributed by atoms with van der Waals surface area (Å²) in [4.78, 5) is 22.3. The van der Waals surface area contributed by atoms with Gasteiger partial charge >= 0.3 is 0 Å². The molecule has 8 heteroatoms. The Kier molecular flexibility index (Phi) is 6.40. The lowest BCUT2D eigenvalue weighted by Crippen LogP contribution is -2.33. The van der Waals surface area contributed by atoms with Crippen LogP contribution in [0.1, 0.15) is 11.1 Å². The molecule has 0 aliphatic carbocycles. The number of benzene rings is 2. The van der Waals surface area contributed by atoms with Gasteiger partial charge in [0.2, 0.25) is 5.91 Å². The Morgan fingerprint density at radius 1 is 1.23 bits per heavy atom. The topological polar surface area (TPSA) is 93.5 Å². The quantitative estimate of drug-likeness (QED) is 0.362. The van der Waals surface area contributed by atoms with Gasteiger partial charge in [-0.2, -0.15) is 0 Å². The number of rotatable bonds is 5. The number of aryl methyl sites for hydroxylation is 1. The van der Waals surface area contributed by atoms with Crippen molar-refractivity contribution in [1.82, 2.24) is 5.32 Å². The molecule has 0 unspecified atom stereocenters. The number of carbonyl (C=O) groups excluding carboxylic acids is 1. The van der Waals surface area contributed by atoms with Gasteiger partial charge in [0.15, 0.2) is 5.11 Å². The summed E-state index contributed by atoms with van der Waals surface area (Å²) in [5.41, 5.74) is 1.99. The van der Waals surface area contributed by atoms with Crippen molar-refractivity contribution in [3.63, 3.8) is 0 Å². The SMILES string of the molecule is COc1ccc(C=CC(=O)NC(=S)Nc2cc([N+](=O)[O-])ccc2C)cc1. The van der Waals surface area contributed by atoms with Gasteiger partial charge in [0, 0.05) is 23.9 Å². The number of anilines is 1. The Balaban J connectivity index is 1.96. The largest absolute Gasteiger partial charge is 0.497 e. The van der Waals surface area contributed by atoms with Crippen molar-refractivity contribution >= 4 is 40.7 Å². The Bertz CT molecular complexity index is 863. The van der Waals surface area contributed by atoms with E-state index in [9.17, 15) is 14.9 Å². The molecular weight excluding hydrogens is 354 g/mol. The fraction of sp³-hybridized carbons (Fsp3) is 0.111. The summed E-state index contributed by atoms with van der Waals surface area (Å²) in [5, 5.41) is 16.2. The molecule has 26 heavy (non-hydrogen) atoms. The lowest BCUT2D eigenvalue weighted by Gasteiger charge is -2.10. The highest BCUT2D eigenvalue weighted by Crippen LogP contribution is 2.21. The Morgan fingerprint density at radius 2 is 1.92 bits per heavy atom. The van der Waals surface area contributed by atoms with E-state index in [1.165, 1.54) is 18.2 Å². The lowest BCUT2D eigenvalue weighted by atomic mass is 10.2. The van der Waals surface area contributed by atoms with Crippen molar-refractivity contribution in [3.05, 3.63) is 69.8 Å². The molecule has 0 radical (unpaired) electrons. The van der Waals surface area contributed by atoms with Crippen LogP contribution in [0.3, 0.4) is 0 Å². The number of hydrogen-bond acceptors (Lipinski definition) is 5. The van der Waals surface area contributed by atoms with Crippen molar-refractivity contribution < 1.29 is 14.5 Å². The third kappa shape index (κ3) is 5.38. The summed E-state index contributed by atoms with van der Waals surface area (Å²) in [6.07, 6.45) is 2.98. The number of hydrogen-bond donors (Lipinski definition) is 2. The van der Waals surface area contributed by atoms with E-state index < -0.39 is 10.8 Å². The number of nitrogens with zero attached hydrogens (tertiary/aromatic N) is 1. The summed E-state index contributed by atoms with van der Waals surface area (Å²) in [6.45, 7) is 1.78. The molecule has 1 amide bonds. The summed E-state index contributed by atoms with van der Waals surface area (Å²) >= 11 is 5.08. The average molecular weight is 371 g/mol. The number of nitrogens with one attached hydrogen (secondary N) is 2. The molecule has 7 nitrogen and oxygen atoms in total. The van der Waals surface area contributed by atoms with Gasteiger partial charge in [-0.05, 0) is 48.5 Å². The van der Waals surface area contributed by atoms with Crippen LogP contribution in [0, 0.1) is 17.0 Å². The van der Waals surface area contributed by atoms with E-state index in [1.54, 1.807) is 38.3 Å². The van der Waals surface area contributed by atoms with E-state index in [1.807, 2.05) is 12.1 Å². The minimum Gasteiger partial charge on any atom is -0.497 e. The number of carbonyl (C=O) groups is 1. The predicted octanol–water partition coefficient (Wildman–Crippen LogP) is 3.44. The molecule has 2 aromatic carbocycles. The number of non-ortho nitro benzene ring substituents is 1. The molecule has 0 saturated heterocycles. The molecule has 2 rings (SSSR count). The number of nitro benzene ring substituents is 1. The van der Waals surface area contributed by atoms with Crippen LogP contribution in [0.2, 0.25) is 0 Å². The summed E-state index contributed by atoms with van der Waals surface area (Å²) in [5.74, 6) is 0.311. The van der Waals surface area contributed by atoms with Crippen molar-refractivity contribution in [2.75, 3.05) is 12.4 Å². The van der Waals surface area contributed by atoms with E-state index in [-0.39, 0.29) is 10.8 Å². The van der Waals surface area contributed by atoms with Gasteiger partial charge in [-0.15, -0.1) is 0 Å². The second-order valence-electron chi connectivity index (χ2n) is 5.31. The smallest absolute Gasteiger partial charge is 0.271 e. The lowest BCUT2D eigenvalue weighted by molar-refractivity contribution is -0.384. The normalized spacial score (nSPS) is 10.4. The van der Waals surface area contributed by atoms with Crippen molar-refractivity contribution in [1.29, 1.82) is 0 Å². The highest BCUT2D eigenvalue weighted by Gasteiger charge is 2.10. The van der Waals surface area contributed by atoms with Crippen molar-refractivity contribution in [2.24, 2.45) is 0 Å². The van der Waals surface area contributed by atoms with Gasteiger partial charge in [-0.3, -0.25) is 20.2 Å². The number of amides is 1. The van der Waals surface area contributed by atoms with Gasteiger partial charge in [0.05, 0.1) is 12.0 Å². The van der Waals surface area contributed by atoms with E-state index in [0.717, 1.165) is 16.9 Å². The third-order valence-corrected chi connectivity index (χ3v) is 3.66. The van der Waals surface area contributed by atoms with E-state index in [4.69, 9.17) is 17.0 Å². The van der Waals surface area contributed by atoms with Crippen LogP contribution in [0.15, 0.2) is 48.5 Å². The molecule has 0 spiro atoms. The maximum absolute atomic E-state index is 11.9. The average Bonchev–Trinajstić information content (AvgIpc) is 2.62. The van der Waals surface area contributed by atoms with Crippen LogP contribution >= 0.6 is 12.2 Å². The molecule has 2 N–H and O–H groups in total. The van der Waals surface area contributed by atoms with Gasteiger partial charge < -0.3 is 10.1 Å².